The average Bonchev–Trinajstić information content (AvgIpc) is 3.20. The molecule has 0 heterocycles. The topological polar surface area (TPSA) is 124 Å². The van der Waals surface area contributed by atoms with Gasteiger partial charge < -0.3 is 25.2 Å². The quantitative estimate of drug-likeness (QED) is 0.172. The van der Waals surface area contributed by atoms with Gasteiger partial charge in [0, 0.05) is 35.2 Å². The van der Waals surface area contributed by atoms with Crippen LogP contribution in [0.15, 0.2) is 24.3 Å². The van der Waals surface area contributed by atoms with Gasteiger partial charge in [0.25, 0.3) is 0 Å². The lowest BCUT2D eigenvalue weighted by Gasteiger charge is -2.64. The molecule has 9 atom stereocenters. The number of ether oxygens (including phenoxy) is 1. The average molecular weight is 669 g/mol. The Kier molecular flexibility index (Phi) is 8.16. The van der Waals surface area contributed by atoms with Gasteiger partial charge in [-0.05, 0) is 119 Å². The maximum Gasteiger partial charge on any atom is 0.312 e. The van der Waals surface area contributed by atoms with Gasteiger partial charge in [-0.25, -0.2) is 0 Å². The van der Waals surface area contributed by atoms with E-state index in [2.05, 4.69) is 43.4 Å². The number of carbonyl (C=O) groups excluding carboxylic acids is 1. The van der Waals surface area contributed by atoms with Crippen molar-refractivity contribution in [1.29, 1.82) is 0 Å². The molecule has 4 aliphatic carbocycles. The molecule has 4 N–H and O–H groups in total. The van der Waals surface area contributed by atoms with Crippen molar-refractivity contribution >= 4 is 34.5 Å². The number of carboxylic acids is 1. The van der Waals surface area contributed by atoms with Crippen molar-refractivity contribution in [1.82, 2.24) is 0 Å². The molecule has 4 saturated carbocycles. The van der Waals surface area contributed by atoms with Crippen LogP contribution in [0.3, 0.4) is 0 Å². The molecule has 0 spiro atoms. The third-order valence-electron chi connectivity index (χ3n) is 11.9. The van der Waals surface area contributed by atoms with E-state index < -0.39 is 23.5 Å². The second-order valence-electron chi connectivity index (χ2n) is 14.1. The van der Waals surface area contributed by atoms with E-state index in [4.69, 9.17) is 4.74 Å². The van der Waals surface area contributed by atoms with E-state index in [9.17, 15) is 30.0 Å². The van der Waals surface area contributed by atoms with Gasteiger partial charge in [-0.15, -0.1) is 0 Å². The first-order valence-corrected chi connectivity index (χ1v) is 16.1. The van der Waals surface area contributed by atoms with Gasteiger partial charge in [0.05, 0.1) is 6.42 Å². The Labute approximate surface area is 251 Å². The zero-order valence-corrected chi connectivity index (χ0v) is 26.1. The van der Waals surface area contributed by atoms with E-state index in [1.54, 1.807) is 0 Å². The molecule has 8 heteroatoms. The molecule has 222 valence electrons. The molecule has 0 aromatic heterocycles. The number of carbonyl (C=O) groups is 2. The highest BCUT2D eigenvalue weighted by Crippen LogP contribution is 2.70. The highest BCUT2D eigenvalue weighted by molar-refractivity contribution is 14.1. The number of halogens is 1. The fourth-order valence-corrected chi connectivity index (χ4v) is 10.5. The SMILES string of the molecule is C[C@H](CCC(=O)O)[C@H]1CC[C@H]2[C@H]3[C@H](CC[C@]12C)[C@@]1(C)CC[C@](O)(OC(=O)Cc2cccc(I)c2)CC1CC3(O)O. The summed E-state index contributed by atoms with van der Waals surface area (Å²) in [6.07, 6.45) is 6.12. The van der Waals surface area contributed by atoms with Gasteiger partial charge in [-0.2, -0.15) is 0 Å². The van der Waals surface area contributed by atoms with E-state index in [1.807, 2.05) is 24.3 Å². The summed E-state index contributed by atoms with van der Waals surface area (Å²) < 4.78 is 6.72. The van der Waals surface area contributed by atoms with Crippen molar-refractivity contribution < 1.29 is 34.8 Å². The van der Waals surface area contributed by atoms with Gasteiger partial charge in [0.2, 0.25) is 5.79 Å². The monoisotopic (exact) mass is 668 g/mol. The first-order valence-electron chi connectivity index (χ1n) is 15.0. The Hall–Kier alpha value is -1.23. The van der Waals surface area contributed by atoms with Crippen LogP contribution in [0.4, 0.5) is 0 Å². The molecule has 1 aromatic rings. The Morgan fingerprint density at radius 1 is 1.02 bits per heavy atom. The Balaban J connectivity index is 1.31. The number of hydrogen-bond acceptors (Lipinski definition) is 6. The summed E-state index contributed by atoms with van der Waals surface area (Å²) in [5.74, 6) is -4.18. The van der Waals surface area contributed by atoms with Gasteiger partial charge in [-0.1, -0.05) is 32.9 Å². The summed E-state index contributed by atoms with van der Waals surface area (Å²) in [6.45, 7) is 6.72. The number of benzene rings is 1. The Morgan fingerprint density at radius 2 is 1.75 bits per heavy atom. The Morgan fingerprint density at radius 3 is 2.45 bits per heavy atom. The molecule has 0 bridgehead atoms. The van der Waals surface area contributed by atoms with Crippen molar-refractivity contribution in [3.8, 4) is 0 Å². The summed E-state index contributed by atoms with van der Waals surface area (Å²) in [7, 11) is 0. The van der Waals surface area contributed by atoms with E-state index in [-0.39, 0.29) is 66.1 Å². The molecule has 1 aromatic carbocycles. The third-order valence-corrected chi connectivity index (χ3v) is 12.5. The van der Waals surface area contributed by atoms with Crippen LogP contribution in [0.5, 0.6) is 0 Å². The first kappa shape index (κ1) is 30.2. The second kappa shape index (κ2) is 10.8. The predicted molar refractivity (Wildman–Crippen MR) is 158 cm³/mol. The molecule has 0 aliphatic heterocycles. The molecule has 4 fully saturated rings. The first-order chi connectivity index (χ1) is 18.7. The zero-order chi connectivity index (χ0) is 29.1. The standard InChI is InChI=1S/C32H45IO7/c1-19(7-10-26(34)35)23-8-9-24-28-25(11-12-30(23,24)3)29(2)13-14-31(37,17-21(29)18-32(28,38)39)40-27(36)16-20-5-4-6-22(33)15-20/h4-6,15,19,21,23-25,28,37-39H,7-14,16-18H2,1-3H3,(H,34,35)/t19-,21?,23-,24+,25+,28+,29+,30-,31+/m1/s1. The van der Waals surface area contributed by atoms with Crippen molar-refractivity contribution in [3.05, 3.63) is 33.4 Å². The van der Waals surface area contributed by atoms with Crippen LogP contribution in [0.2, 0.25) is 0 Å². The van der Waals surface area contributed by atoms with Crippen LogP contribution in [0, 0.1) is 49.9 Å². The van der Waals surface area contributed by atoms with Crippen molar-refractivity contribution in [2.24, 2.45) is 46.3 Å². The molecule has 5 rings (SSSR count). The minimum atomic E-state index is -1.86. The van der Waals surface area contributed by atoms with Crippen LogP contribution in [0.1, 0.15) is 90.5 Å². The van der Waals surface area contributed by atoms with Crippen molar-refractivity contribution in [2.45, 2.75) is 103 Å². The van der Waals surface area contributed by atoms with Crippen molar-refractivity contribution in [3.63, 3.8) is 0 Å². The number of aliphatic carboxylic acids is 1. The normalized spacial score (nSPS) is 40.8. The number of rotatable bonds is 7. The van der Waals surface area contributed by atoms with Crippen LogP contribution in [0.25, 0.3) is 0 Å². The molecule has 1 unspecified atom stereocenters. The highest BCUT2D eigenvalue weighted by atomic mass is 127. The Bertz CT molecular complexity index is 1140. The number of fused-ring (bicyclic) bond motifs is 5. The fourth-order valence-electron chi connectivity index (χ4n) is 9.89. The minimum Gasteiger partial charge on any atom is -0.481 e. The lowest BCUT2D eigenvalue weighted by molar-refractivity contribution is -0.321. The van der Waals surface area contributed by atoms with E-state index in [1.165, 1.54) is 0 Å². The molecule has 4 aliphatic rings. The summed E-state index contributed by atoms with van der Waals surface area (Å²) in [5.41, 5.74) is 0.616. The maximum atomic E-state index is 12.8. The zero-order valence-electron chi connectivity index (χ0n) is 23.9. The van der Waals surface area contributed by atoms with Crippen LogP contribution in [-0.2, 0) is 20.7 Å². The molecular formula is C32H45IO7. The molecule has 0 amide bonds. The number of esters is 1. The van der Waals surface area contributed by atoms with Crippen molar-refractivity contribution in [2.75, 3.05) is 0 Å². The lowest BCUT2D eigenvalue weighted by Crippen LogP contribution is -2.65. The smallest absolute Gasteiger partial charge is 0.312 e. The predicted octanol–water partition coefficient (Wildman–Crippen LogP) is 5.52. The number of aliphatic hydroxyl groups is 3. The lowest BCUT2D eigenvalue weighted by atomic mass is 9.42. The summed E-state index contributed by atoms with van der Waals surface area (Å²) in [4.78, 5) is 24.0. The maximum absolute atomic E-state index is 12.8. The summed E-state index contributed by atoms with van der Waals surface area (Å²) in [5, 5.41) is 43.9. The number of carboxylic acid groups (broad SMARTS) is 1. The molecule has 7 nitrogen and oxygen atoms in total. The van der Waals surface area contributed by atoms with Gasteiger partial charge in [0.1, 0.15) is 0 Å². The molecule has 0 saturated heterocycles. The number of hydrogen-bond donors (Lipinski definition) is 4. The second-order valence-corrected chi connectivity index (χ2v) is 15.3. The fraction of sp³-hybridized carbons (Fsp3) is 0.750. The molecule has 0 radical (unpaired) electrons. The van der Waals surface area contributed by atoms with Gasteiger partial charge in [-0.3, -0.25) is 9.59 Å². The summed E-state index contributed by atoms with van der Waals surface area (Å²) in [6, 6.07) is 7.64. The van der Waals surface area contributed by atoms with Crippen LogP contribution >= 0.6 is 22.6 Å². The third kappa shape index (κ3) is 5.47. The van der Waals surface area contributed by atoms with E-state index in [0.717, 1.165) is 34.8 Å². The summed E-state index contributed by atoms with van der Waals surface area (Å²) >= 11 is 2.20. The van der Waals surface area contributed by atoms with Gasteiger partial charge >= 0.3 is 11.9 Å². The molecular weight excluding hydrogens is 623 g/mol. The van der Waals surface area contributed by atoms with Crippen LogP contribution in [-0.4, -0.2) is 43.9 Å². The highest BCUT2D eigenvalue weighted by Gasteiger charge is 2.67. The molecule has 40 heavy (non-hydrogen) atoms. The van der Waals surface area contributed by atoms with Gasteiger partial charge in [0.15, 0.2) is 5.79 Å². The van der Waals surface area contributed by atoms with Crippen LogP contribution < -0.4 is 0 Å². The largest absolute Gasteiger partial charge is 0.481 e. The van der Waals surface area contributed by atoms with E-state index >= 15 is 0 Å². The minimum absolute atomic E-state index is 0.0425. The van der Waals surface area contributed by atoms with E-state index in [0.29, 0.717) is 25.2 Å².